The minimum Gasteiger partial charge on any atom is -0.441 e. The van der Waals surface area contributed by atoms with Gasteiger partial charge in [0.2, 0.25) is 5.85 Å². The van der Waals surface area contributed by atoms with Crippen molar-refractivity contribution in [2.75, 3.05) is 14.2 Å². The van der Waals surface area contributed by atoms with Crippen LogP contribution in [0.3, 0.4) is 0 Å². The van der Waals surface area contributed by atoms with Crippen molar-refractivity contribution in [2.45, 2.75) is 5.85 Å². The number of carbonyl (C=O) groups excluding carboxylic acids is 1. The molecular weight excluding hydrogens is 311 g/mol. The summed E-state index contributed by atoms with van der Waals surface area (Å²) >= 11 is 3.26. The summed E-state index contributed by atoms with van der Waals surface area (Å²) in [5.74, 6) is -1.52. The lowest BCUT2D eigenvalue weighted by Gasteiger charge is -2.19. The lowest BCUT2D eigenvalue weighted by molar-refractivity contribution is 0.0456. The van der Waals surface area contributed by atoms with Crippen molar-refractivity contribution in [3.8, 4) is 0 Å². The van der Waals surface area contributed by atoms with Crippen molar-refractivity contribution in [2.24, 2.45) is 0 Å². The third kappa shape index (κ3) is 2.06. The van der Waals surface area contributed by atoms with Gasteiger partial charge < -0.3 is 13.8 Å². The van der Waals surface area contributed by atoms with Crippen LogP contribution in [0.2, 0.25) is 0 Å². The van der Waals surface area contributed by atoms with E-state index in [0.717, 1.165) is 4.47 Å². The standard InChI is InChI=1S/C10H10BrO5P/c1-14-17(13,15-2)10-7-4-3-6(11)5-8(7)9(12)16-10/h3-5,10H,1-2H3. The average Bonchev–Trinajstić information content (AvgIpc) is 2.66. The maximum absolute atomic E-state index is 12.2. The zero-order valence-electron chi connectivity index (χ0n) is 9.18. The van der Waals surface area contributed by atoms with Gasteiger partial charge in [0.25, 0.3) is 0 Å². The van der Waals surface area contributed by atoms with Gasteiger partial charge in [-0.1, -0.05) is 22.0 Å². The fourth-order valence-corrected chi connectivity index (χ4v) is 3.33. The Kier molecular flexibility index (Phi) is 3.41. The molecule has 92 valence electrons. The largest absolute Gasteiger partial charge is 0.441 e. The highest BCUT2D eigenvalue weighted by atomic mass is 79.9. The van der Waals surface area contributed by atoms with Crippen LogP contribution in [0.25, 0.3) is 0 Å². The Hall–Kier alpha value is -0.680. The molecule has 5 nitrogen and oxygen atoms in total. The number of fused-ring (bicyclic) bond motifs is 1. The Balaban J connectivity index is 2.51. The van der Waals surface area contributed by atoms with E-state index in [1.54, 1.807) is 18.2 Å². The molecule has 0 bridgehead atoms. The summed E-state index contributed by atoms with van der Waals surface area (Å²) in [6, 6.07) is 5.02. The molecule has 0 amide bonds. The topological polar surface area (TPSA) is 61.8 Å². The molecule has 1 aliphatic rings. The van der Waals surface area contributed by atoms with Crippen LogP contribution in [0, 0.1) is 0 Å². The van der Waals surface area contributed by atoms with E-state index in [4.69, 9.17) is 13.8 Å². The molecule has 1 aromatic rings. The molecule has 1 unspecified atom stereocenters. The van der Waals surface area contributed by atoms with Gasteiger partial charge in [-0.2, -0.15) is 0 Å². The maximum Gasteiger partial charge on any atom is 0.375 e. The monoisotopic (exact) mass is 320 g/mol. The fraction of sp³-hybridized carbons (Fsp3) is 0.300. The van der Waals surface area contributed by atoms with E-state index in [0.29, 0.717) is 11.1 Å². The molecule has 1 atom stereocenters. The molecule has 0 aromatic heterocycles. The summed E-state index contributed by atoms with van der Waals surface area (Å²) in [6.45, 7) is 0. The van der Waals surface area contributed by atoms with E-state index in [2.05, 4.69) is 15.9 Å². The average molecular weight is 321 g/mol. The predicted octanol–water partition coefficient (Wildman–Crippen LogP) is 3.10. The number of hydrogen-bond donors (Lipinski definition) is 0. The molecule has 17 heavy (non-hydrogen) atoms. The van der Waals surface area contributed by atoms with E-state index in [1.807, 2.05) is 0 Å². The number of halogens is 1. The minimum absolute atomic E-state index is 0.374. The van der Waals surface area contributed by atoms with Gasteiger partial charge in [0.1, 0.15) is 0 Å². The Labute approximate surface area is 107 Å². The third-order valence-corrected chi connectivity index (χ3v) is 4.99. The van der Waals surface area contributed by atoms with Crippen molar-refractivity contribution in [3.63, 3.8) is 0 Å². The van der Waals surface area contributed by atoms with Crippen LogP contribution in [-0.2, 0) is 18.3 Å². The maximum atomic E-state index is 12.2. The molecule has 1 heterocycles. The predicted molar refractivity (Wildman–Crippen MR) is 63.9 cm³/mol. The number of cyclic esters (lactones) is 1. The zero-order valence-corrected chi connectivity index (χ0v) is 11.7. The van der Waals surface area contributed by atoms with E-state index in [1.165, 1.54) is 14.2 Å². The molecule has 2 rings (SSSR count). The summed E-state index contributed by atoms with van der Waals surface area (Å²) in [5, 5.41) is 0. The molecule has 0 N–H and O–H groups in total. The van der Waals surface area contributed by atoms with Gasteiger partial charge >= 0.3 is 13.6 Å². The molecular formula is C10H10BrO5P. The van der Waals surface area contributed by atoms with E-state index in [9.17, 15) is 9.36 Å². The van der Waals surface area contributed by atoms with Crippen LogP contribution in [0.15, 0.2) is 22.7 Å². The molecule has 1 aromatic carbocycles. The van der Waals surface area contributed by atoms with Crippen LogP contribution < -0.4 is 0 Å². The number of esters is 1. The highest BCUT2D eigenvalue weighted by Gasteiger charge is 2.45. The number of carbonyl (C=O) groups is 1. The highest BCUT2D eigenvalue weighted by Crippen LogP contribution is 2.63. The number of ether oxygens (including phenoxy) is 1. The summed E-state index contributed by atoms with van der Waals surface area (Å²) in [7, 11) is -0.954. The summed E-state index contributed by atoms with van der Waals surface area (Å²) in [5.41, 5.74) is 0.893. The number of benzene rings is 1. The molecule has 0 radical (unpaired) electrons. The van der Waals surface area contributed by atoms with Gasteiger partial charge in [-0.05, 0) is 12.1 Å². The fourth-order valence-electron chi connectivity index (χ4n) is 1.65. The molecule has 7 heteroatoms. The Morgan fingerprint density at radius 1 is 1.35 bits per heavy atom. The van der Waals surface area contributed by atoms with E-state index in [-0.39, 0.29) is 0 Å². The van der Waals surface area contributed by atoms with Crippen LogP contribution in [-0.4, -0.2) is 20.2 Å². The quantitative estimate of drug-likeness (QED) is 0.632. The minimum atomic E-state index is -3.47. The van der Waals surface area contributed by atoms with Gasteiger partial charge in [0.05, 0.1) is 5.56 Å². The second-order valence-electron chi connectivity index (χ2n) is 3.39. The van der Waals surface area contributed by atoms with Gasteiger partial charge in [0, 0.05) is 24.3 Å². The van der Waals surface area contributed by atoms with Gasteiger partial charge in [0.15, 0.2) is 0 Å². The first-order valence-corrected chi connectivity index (χ1v) is 7.14. The van der Waals surface area contributed by atoms with Crippen molar-refractivity contribution in [1.29, 1.82) is 0 Å². The summed E-state index contributed by atoms with van der Waals surface area (Å²) in [6.07, 6.45) is 0. The second-order valence-corrected chi connectivity index (χ2v) is 6.59. The van der Waals surface area contributed by atoms with Crippen LogP contribution in [0.5, 0.6) is 0 Å². The molecule has 0 aliphatic carbocycles. The number of hydrogen-bond acceptors (Lipinski definition) is 5. The first-order valence-electron chi connectivity index (χ1n) is 4.73. The molecule has 1 aliphatic heterocycles. The first kappa shape index (κ1) is 12.8. The smallest absolute Gasteiger partial charge is 0.375 e. The van der Waals surface area contributed by atoms with Crippen molar-refractivity contribution in [1.82, 2.24) is 0 Å². The molecule has 0 saturated heterocycles. The third-order valence-electron chi connectivity index (χ3n) is 2.52. The first-order chi connectivity index (χ1) is 8.01. The van der Waals surface area contributed by atoms with Crippen molar-refractivity contribution >= 4 is 29.5 Å². The number of rotatable bonds is 3. The van der Waals surface area contributed by atoms with Crippen LogP contribution in [0.1, 0.15) is 21.8 Å². The highest BCUT2D eigenvalue weighted by molar-refractivity contribution is 9.10. The lowest BCUT2D eigenvalue weighted by Crippen LogP contribution is -2.03. The van der Waals surface area contributed by atoms with Crippen LogP contribution in [0.4, 0.5) is 0 Å². The lowest BCUT2D eigenvalue weighted by atomic mass is 10.1. The normalized spacial score (nSPS) is 19.0. The molecule has 0 fully saturated rings. The molecule has 0 saturated carbocycles. The Bertz CT molecular complexity index is 507. The van der Waals surface area contributed by atoms with Gasteiger partial charge in [-0.25, -0.2) is 4.79 Å². The van der Waals surface area contributed by atoms with Gasteiger partial charge in [-0.3, -0.25) is 4.57 Å². The summed E-state index contributed by atoms with van der Waals surface area (Å²) < 4.78 is 27.7. The van der Waals surface area contributed by atoms with Crippen LogP contribution >= 0.6 is 23.5 Å². The Morgan fingerprint density at radius 3 is 2.59 bits per heavy atom. The zero-order chi connectivity index (χ0) is 12.6. The van der Waals surface area contributed by atoms with E-state index < -0.39 is 19.4 Å². The Morgan fingerprint density at radius 2 is 2.00 bits per heavy atom. The van der Waals surface area contributed by atoms with Gasteiger partial charge in [-0.15, -0.1) is 0 Å². The second kappa shape index (κ2) is 4.53. The van der Waals surface area contributed by atoms with Crippen molar-refractivity contribution < 1.29 is 23.1 Å². The summed E-state index contributed by atoms with van der Waals surface area (Å²) in [4.78, 5) is 11.6. The van der Waals surface area contributed by atoms with Crippen molar-refractivity contribution in [3.05, 3.63) is 33.8 Å². The molecule has 0 spiro atoms. The SMILES string of the molecule is COP(=O)(OC)C1OC(=O)c2cc(Br)ccc21. The van der Waals surface area contributed by atoms with E-state index >= 15 is 0 Å².